The molecule has 0 aliphatic rings. The number of carbonyl (C=O) groups is 2. The molecule has 2 N–H and O–H groups in total. The van der Waals surface area contributed by atoms with Crippen LogP contribution in [0.15, 0.2) is 34.2 Å². The van der Waals surface area contributed by atoms with Gasteiger partial charge in [-0.1, -0.05) is 11.8 Å². The molecule has 0 saturated heterocycles. The molecule has 0 atom stereocenters. The van der Waals surface area contributed by atoms with Gasteiger partial charge in [-0.15, -0.1) is 10.2 Å². The van der Waals surface area contributed by atoms with E-state index in [-0.39, 0.29) is 11.0 Å². The number of imide groups is 1. The van der Waals surface area contributed by atoms with Crippen molar-refractivity contribution in [2.75, 3.05) is 12.3 Å². The Kier molecular flexibility index (Phi) is 5.27. The van der Waals surface area contributed by atoms with Crippen molar-refractivity contribution in [3.63, 3.8) is 0 Å². The highest BCUT2D eigenvalue weighted by Gasteiger charge is 2.12. The Morgan fingerprint density at radius 1 is 1.38 bits per heavy atom. The van der Waals surface area contributed by atoms with Crippen LogP contribution in [0.3, 0.4) is 0 Å². The Morgan fingerprint density at radius 3 is 2.95 bits per heavy atom. The lowest BCUT2D eigenvalue weighted by Gasteiger charge is -2.02. The first-order valence-electron chi connectivity index (χ1n) is 6.13. The molecule has 0 unspecified atom stereocenters. The summed E-state index contributed by atoms with van der Waals surface area (Å²) in [5.41, 5.74) is 0.698. The third kappa shape index (κ3) is 4.56. The van der Waals surface area contributed by atoms with Crippen LogP contribution in [0, 0.1) is 0 Å². The number of aromatic nitrogens is 3. The molecule has 0 spiro atoms. The zero-order chi connectivity index (χ0) is 15.1. The maximum Gasteiger partial charge on any atom is 0.321 e. The first-order valence-corrected chi connectivity index (χ1v) is 7.12. The number of amides is 3. The van der Waals surface area contributed by atoms with E-state index in [1.54, 1.807) is 31.5 Å². The van der Waals surface area contributed by atoms with Crippen molar-refractivity contribution in [1.82, 2.24) is 25.8 Å². The lowest BCUT2D eigenvalue weighted by Crippen LogP contribution is -2.40. The molecule has 110 valence electrons. The monoisotopic (exact) mass is 307 g/mol. The van der Waals surface area contributed by atoms with Gasteiger partial charge in [-0.25, -0.2) is 4.79 Å². The van der Waals surface area contributed by atoms with Crippen LogP contribution in [0.2, 0.25) is 0 Å². The molecular formula is C12H13N5O3S. The number of carbonyl (C=O) groups excluding carboxylic acids is 2. The van der Waals surface area contributed by atoms with Crippen LogP contribution in [-0.2, 0) is 4.79 Å². The summed E-state index contributed by atoms with van der Waals surface area (Å²) in [5.74, 6) is -0.104. The van der Waals surface area contributed by atoms with Gasteiger partial charge in [0.25, 0.3) is 5.22 Å². The van der Waals surface area contributed by atoms with Crippen molar-refractivity contribution in [1.29, 1.82) is 0 Å². The smallest absolute Gasteiger partial charge is 0.321 e. The molecule has 0 aliphatic carbocycles. The molecule has 0 radical (unpaired) electrons. The second-order valence-corrected chi connectivity index (χ2v) is 4.74. The SMILES string of the molecule is CCNC(=O)NC(=O)CSc1nnc(-c2cccnc2)o1. The summed E-state index contributed by atoms with van der Waals surface area (Å²) in [6.45, 7) is 2.21. The van der Waals surface area contributed by atoms with Crippen molar-refractivity contribution in [3.8, 4) is 11.5 Å². The highest BCUT2D eigenvalue weighted by atomic mass is 32.2. The predicted octanol–water partition coefficient (Wildman–Crippen LogP) is 1.07. The molecule has 0 fully saturated rings. The summed E-state index contributed by atoms with van der Waals surface area (Å²) in [5, 5.41) is 12.6. The average molecular weight is 307 g/mol. The Morgan fingerprint density at radius 2 is 2.24 bits per heavy atom. The van der Waals surface area contributed by atoms with E-state index in [0.717, 1.165) is 11.8 Å². The Hall–Kier alpha value is -2.42. The van der Waals surface area contributed by atoms with E-state index in [2.05, 4.69) is 25.8 Å². The first kappa shape index (κ1) is 15.0. The minimum Gasteiger partial charge on any atom is -0.411 e. The molecule has 2 aromatic rings. The number of nitrogens with one attached hydrogen (secondary N) is 2. The molecule has 8 nitrogen and oxygen atoms in total. The molecule has 9 heteroatoms. The van der Waals surface area contributed by atoms with Gasteiger partial charge in [0.2, 0.25) is 11.8 Å². The number of hydrogen-bond donors (Lipinski definition) is 2. The maximum atomic E-state index is 11.5. The summed E-state index contributed by atoms with van der Waals surface area (Å²) in [6, 6.07) is 3.02. The van der Waals surface area contributed by atoms with Crippen molar-refractivity contribution in [3.05, 3.63) is 24.5 Å². The van der Waals surface area contributed by atoms with Crippen LogP contribution < -0.4 is 10.6 Å². The van der Waals surface area contributed by atoms with E-state index in [1.165, 1.54) is 0 Å². The molecule has 2 heterocycles. The lowest BCUT2D eigenvalue weighted by molar-refractivity contribution is -0.117. The van der Waals surface area contributed by atoms with Crippen LogP contribution >= 0.6 is 11.8 Å². The van der Waals surface area contributed by atoms with Gasteiger partial charge in [0, 0.05) is 18.9 Å². The number of thioether (sulfide) groups is 1. The quantitative estimate of drug-likeness (QED) is 0.795. The van der Waals surface area contributed by atoms with Crippen molar-refractivity contribution in [2.45, 2.75) is 12.1 Å². The first-order chi connectivity index (χ1) is 10.2. The van der Waals surface area contributed by atoms with E-state index in [9.17, 15) is 9.59 Å². The van der Waals surface area contributed by atoms with Crippen molar-refractivity contribution in [2.24, 2.45) is 0 Å². The molecule has 0 aliphatic heterocycles. The van der Waals surface area contributed by atoms with Crippen LogP contribution in [0.5, 0.6) is 0 Å². The van der Waals surface area contributed by atoms with E-state index in [1.807, 2.05) is 0 Å². The van der Waals surface area contributed by atoms with Gasteiger partial charge in [-0.3, -0.25) is 15.1 Å². The molecule has 3 amide bonds. The highest BCUT2D eigenvalue weighted by molar-refractivity contribution is 7.99. The van der Waals surface area contributed by atoms with Gasteiger partial charge < -0.3 is 9.73 Å². The van der Waals surface area contributed by atoms with Crippen LogP contribution in [0.25, 0.3) is 11.5 Å². The number of pyridine rings is 1. The van der Waals surface area contributed by atoms with Crippen LogP contribution in [0.1, 0.15) is 6.92 Å². The second-order valence-electron chi connectivity index (χ2n) is 3.81. The summed E-state index contributed by atoms with van der Waals surface area (Å²) in [4.78, 5) is 26.6. The van der Waals surface area contributed by atoms with Gasteiger partial charge in [-0.05, 0) is 19.1 Å². The second kappa shape index (κ2) is 7.39. The third-order valence-electron chi connectivity index (χ3n) is 2.23. The van der Waals surface area contributed by atoms with Crippen molar-refractivity contribution < 1.29 is 14.0 Å². The number of urea groups is 1. The topological polar surface area (TPSA) is 110 Å². The standard InChI is InChI=1S/C12H13N5O3S/c1-2-14-11(19)15-9(18)7-21-12-17-16-10(20-12)8-4-3-5-13-6-8/h3-6H,2,7H2,1H3,(H2,14,15,18,19). The molecule has 0 aromatic carbocycles. The Bertz CT molecular complexity index is 616. The molecule has 2 rings (SSSR count). The minimum atomic E-state index is -0.523. The van der Waals surface area contributed by atoms with E-state index in [4.69, 9.17) is 4.42 Å². The summed E-state index contributed by atoms with van der Waals surface area (Å²) in [7, 11) is 0. The van der Waals surface area contributed by atoms with Crippen LogP contribution in [0.4, 0.5) is 4.79 Å². The number of rotatable bonds is 5. The van der Waals surface area contributed by atoms with Gasteiger partial charge in [0.15, 0.2) is 0 Å². The van der Waals surface area contributed by atoms with Crippen molar-refractivity contribution >= 4 is 23.7 Å². The number of nitrogens with zero attached hydrogens (tertiary/aromatic N) is 3. The summed E-state index contributed by atoms with van der Waals surface area (Å²) < 4.78 is 5.39. The highest BCUT2D eigenvalue weighted by Crippen LogP contribution is 2.21. The zero-order valence-corrected chi connectivity index (χ0v) is 12.0. The zero-order valence-electron chi connectivity index (χ0n) is 11.2. The fraction of sp³-hybridized carbons (Fsp3) is 0.250. The van der Waals surface area contributed by atoms with E-state index < -0.39 is 11.9 Å². The molecule has 0 bridgehead atoms. The summed E-state index contributed by atoms with van der Waals surface area (Å²) >= 11 is 1.05. The molecule has 2 aromatic heterocycles. The van der Waals surface area contributed by atoms with E-state index >= 15 is 0 Å². The van der Waals surface area contributed by atoms with E-state index in [0.29, 0.717) is 18.0 Å². The minimum absolute atomic E-state index is 0.00576. The number of hydrogen-bond acceptors (Lipinski definition) is 7. The molecule has 0 saturated carbocycles. The van der Waals surface area contributed by atoms with Gasteiger partial charge >= 0.3 is 6.03 Å². The summed E-state index contributed by atoms with van der Waals surface area (Å²) in [6.07, 6.45) is 3.24. The average Bonchev–Trinajstić information content (AvgIpc) is 2.95. The third-order valence-corrected chi connectivity index (χ3v) is 3.05. The van der Waals surface area contributed by atoms with Crippen LogP contribution in [-0.4, -0.2) is 39.4 Å². The van der Waals surface area contributed by atoms with Gasteiger partial charge in [0.1, 0.15) is 0 Å². The largest absolute Gasteiger partial charge is 0.411 e. The molecular weight excluding hydrogens is 294 g/mol. The Balaban J connectivity index is 1.86. The van der Waals surface area contributed by atoms with Gasteiger partial charge in [0.05, 0.1) is 11.3 Å². The predicted molar refractivity (Wildman–Crippen MR) is 75.5 cm³/mol. The maximum absolute atomic E-state index is 11.5. The fourth-order valence-electron chi connectivity index (χ4n) is 1.37. The van der Waals surface area contributed by atoms with Gasteiger partial charge in [-0.2, -0.15) is 0 Å². The lowest BCUT2D eigenvalue weighted by atomic mass is 10.3. The normalized spacial score (nSPS) is 10.1. The molecule has 21 heavy (non-hydrogen) atoms. The fourth-order valence-corrected chi connectivity index (χ4v) is 1.93. The Labute approximate surface area is 124 Å².